The third-order valence-electron chi connectivity index (χ3n) is 4.06. The van der Waals surface area contributed by atoms with E-state index in [0.717, 1.165) is 13.1 Å². The van der Waals surface area contributed by atoms with E-state index in [9.17, 15) is 0 Å². The summed E-state index contributed by atoms with van der Waals surface area (Å²) < 4.78 is 0. The van der Waals surface area contributed by atoms with Crippen LogP contribution in [0.5, 0.6) is 0 Å². The van der Waals surface area contributed by atoms with E-state index in [1.54, 1.807) is 0 Å². The summed E-state index contributed by atoms with van der Waals surface area (Å²) in [6.45, 7) is 9.93. The quantitative estimate of drug-likeness (QED) is 0.898. The zero-order valence-electron chi connectivity index (χ0n) is 14.3. The first-order chi connectivity index (χ1) is 9.87. The maximum Gasteiger partial charge on any atom is 0.0417 e. The van der Waals surface area contributed by atoms with Crippen molar-refractivity contribution in [3.8, 4) is 0 Å². The number of hydrogen-bond acceptors (Lipinski definition) is 3. The molecule has 1 aromatic carbocycles. The van der Waals surface area contributed by atoms with Crippen LogP contribution < -0.4 is 10.2 Å². The van der Waals surface area contributed by atoms with Crippen molar-refractivity contribution < 1.29 is 0 Å². The van der Waals surface area contributed by atoms with Crippen LogP contribution in [-0.2, 0) is 6.54 Å². The van der Waals surface area contributed by atoms with Crippen LogP contribution in [0.4, 0.5) is 5.69 Å². The van der Waals surface area contributed by atoms with Gasteiger partial charge in [0.1, 0.15) is 0 Å². The van der Waals surface area contributed by atoms with E-state index in [1.807, 2.05) is 0 Å². The van der Waals surface area contributed by atoms with Crippen molar-refractivity contribution >= 4 is 5.69 Å². The Morgan fingerprint density at radius 3 is 2.62 bits per heavy atom. The van der Waals surface area contributed by atoms with Crippen molar-refractivity contribution in [1.82, 2.24) is 10.2 Å². The molecule has 0 aliphatic carbocycles. The zero-order valence-corrected chi connectivity index (χ0v) is 14.3. The molecule has 0 bridgehead atoms. The van der Waals surface area contributed by atoms with Crippen LogP contribution >= 0.6 is 0 Å². The standard InChI is InChI=1S/C18H31N3/c1-18(2,3)19-13-15-9-6-7-11-17(15)21-12-8-10-16(21)14-20(4)5/h6-7,9,11,16,19H,8,10,12-14H2,1-5H3. The predicted molar refractivity (Wildman–Crippen MR) is 92.0 cm³/mol. The Bertz CT molecular complexity index is 448. The molecule has 1 unspecified atom stereocenters. The highest BCUT2D eigenvalue weighted by Gasteiger charge is 2.26. The van der Waals surface area contributed by atoms with Gasteiger partial charge in [-0.25, -0.2) is 0 Å². The maximum atomic E-state index is 3.62. The minimum atomic E-state index is 0.154. The highest BCUT2D eigenvalue weighted by atomic mass is 15.2. The second kappa shape index (κ2) is 6.80. The van der Waals surface area contributed by atoms with Crippen LogP contribution in [-0.4, -0.2) is 43.7 Å². The van der Waals surface area contributed by atoms with Crippen molar-refractivity contribution in [3.05, 3.63) is 29.8 Å². The molecule has 0 radical (unpaired) electrons. The molecule has 0 saturated carbocycles. The van der Waals surface area contributed by atoms with Crippen LogP contribution in [0.1, 0.15) is 39.2 Å². The van der Waals surface area contributed by atoms with Gasteiger partial charge in [-0.2, -0.15) is 0 Å². The fourth-order valence-electron chi connectivity index (χ4n) is 3.07. The molecule has 0 aromatic heterocycles. The number of likely N-dealkylation sites (N-methyl/N-ethyl adjacent to an activating group) is 1. The van der Waals surface area contributed by atoms with Crippen LogP contribution in [0.15, 0.2) is 24.3 Å². The van der Waals surface area contributed by atoms with Crippen molar-refractivity contribution in [2.75, 3.05) is 32.1 Å². The molecule has 3 heteroatoms. The Labute approximate surface area is 130 Å². The summed E-state index contributed by atoms with van der Waals surface area (Å²) in [7, 11) is 4.34. The third-order valence-corrected chi connectivity index (χ3v) is 4.06. The lowest BCUT2D eigenvalue weighted by Crippen LogP contribution is -2.39. The molecule has 1 aliphatic heterocycles. The smallest absolute Gasteiger partial charge is 0.0417 e. The Morgan fingerprint density at radius 2 is 1.95 bits per heavy atom. The van der Waals surface area contributed by atoms with Gasteiger partial charge in [-0.15, -0.1) is 0 Å². The third kappa shape index (κ3) is 4.72. The van der Waals surface area contributed by atoms with E-state index in [4.69, 9.17) is 0 Å². The van der Waals surface area contributed by atoms with Gasteiger partial charge in [-0.3, -0.25) is 0 Å². The van der Waals surface area contributed by atoms with E-state index >= 15 is 0 Å². The van der Waals surface area contributed by atoms with Crippen LogP contribution in [0, 0.1) is 0 Å². The number of hydrogen-bond donors (Lipinski definition) is 1. The summed E-state index contributed by atoms with van der Waals surface area (Å²) in [5.74, 6) is 0. The number of nitrogens with one attached hydrogen (secondary N) is 1. The summed E-state index contributed by atoms with van der Waals surface area (Å²) in [4.78, 5) is 4.92. The molecule has 1 heterocycles. The number of nitrogens with zero attached hydrogens (tertiary/aromatic N) is 2. The Kier molecular flexibility index (Phi) is 5.28. The van der Waals surface area contributed by atoms with Crippen molar-refractivity contribution in [1.29, 1.82) is 0 Å². The normalized spacial score (nSPS) is 19.5. The molecule has 1 atom stereocenters. The molecule has 1 aliphatic rings. The lowest BCUT2D eigenvalue weighted by atomic mass is 10.1. The molecule has 1 saturated heterocycles. The van der Waals surface area contributed by atoms with Crippen LogP contribution in [0.3, 0.4) is 0 Å². The van der Waals surface area contributed by atoms with Gasteiger partial charge in [0.05, 0.1) is 0 Å². The Hall–Kier alpha value is -1.06. The zero-order chi connectivity index (χ0) is 15.5. The molecule has 3 nitrogen and oxygen atoms in total. The molecule has 0 spiro atoms. The van der Waals surface area contributed by atoms with E-state index < -0.39 is 0 Å². The summed E-state index contributed by atoms with van der Waals surface area (Å²) in [6, 6.07) is 9.52. The highest BCUT2D eigenvalue weighted by molar-refractivity contribution is 5.55. The van der Waals surface area contributed by atoms with Crippen LogP contribution in [0.2, 0.25) is 0 Å². The summed E-state index contributed by atoms with van der Waals surface area (Å²) in [5.41, 5.74) is 2.98. The minimum absolute atomic E-state index is 0.154. The Balaban J connectivity index is 2.15. The lowest BCUT2D eigenvalue weighted by Gasteiger charge is -2.31. The van der Waals surface area contributed by atoms with Gasteiger partial charge in [-0.05, 0) is 59.3 Å². The van der Waals surface area contributed by atoms with Crippen molar-refractivity contribution in [2.24, 2.45) is 0 Å². The molecule has 118 valence electrons. The van der Waals surface area contributed by atoms with Gasteiger partial charge < -0.3 is 15.1 Å². The second-order valence-electron chi connectivity index (χ2n) is 7.48. The largest absolute Gasteiger partial charge is 0.367 e. The molecule has 2 rings (SSSR count). The first-order valence-electron chi connectivity index (χ1n) is 8.11. The average Bonchev–Trinajstić information content (AvgIpc) is 2.83. The minimum Gasteiger partial charge on any atom is -0.367 e. The summed E-state index contributed by atoms with van der Waals surface area (Å²) >= 11 is 0. The van der Waals surface area contributed by atoms with Gasteiger partial charge in [0.25, 0.3) is 0 Å². The summed E-state index contributed by atoms with van der Waals surface area (Å²) in [5, 5.41) is 3.62. The molecule has 21 heavy (non-hydrogen) atoms. The number of para-hydroxylation sites is 1. The number of rotatable bonds is 5. The topological polar surface area (TPSA) is 18.5 Å². The van der Waals surface area contributed by atoms with Crippen molar-refractivity contribution in [2.45, 2.75) is 51.7 Å². The summed E-state index contributed by atoms with van der Waals surface area (Å²) in [6.07, 6.45) is 2.61. The maximum absolute atomic E-state index is 3.62. The average molecular weight is 289 g/mol. The van der Waals surface area contributed by atoms with E-state index in [1.165, 1.54) is 30.6 Å². The van der Waals surface area contributed by atoms with E-state index in [-0.39, 0.29) is 5.54 Å². The van der Waals surface area contributed by atoms with Gasteiger partial charge in [0.15, 0.2) is 0 Å². The monoisotopic (exact) mass is 289 g/mol. The molecule has 1 fully saturated rings. The van der Waals surface area contributed by atoms with Gasteiger partial charge in [0.2, 0.25) is 0 Å². The van der Waals surface area contributed by atoms with Crippen molar-refractivity contribution in [3.63, 3.8) is 0 Å². The van der Waals surface area contributed by atoms with Gasteiger partial charge >= 0.3 is 0 Å². The van der Waals surface area contributed by atoms with Crippen LogP contribution in [0.25, 0.3) is 0 Å². The van der Waals surface area contributed by atoms with Gasteiger partial charge in [-0.1, -0.05) is 18.2 Å². The molecule has 1 aromatic rings. The highest BCUT2D eigenvalue weighted by Crippen LogP contribution is 2.29. The fourth-order valence-corrected chi connectivity index (χ4v) is 3.07. The first-order valence-corrected chi connectivity index (χ1v) is 8.11. The number of benzene rings is 1. The fraction of sp³-hybridized carbons (Fsp3) is 0.667. The molecule has 1 N–H and O–H groups in total. The number of anilines is 1. The first kappa shape index (κ1) is 16.3. The van der Waals surface area contributed by atoms with Gasteiger partial charge in [0, 0.05) is 36.9 Å². The Morgan fingerprint density at radius 1 is 1.24 bits per heavy atom. The molecular formula is C18H31N3. The lowest BCUT2D eigenvalue weighted by molar-refractivity contribution is 0.371. The second-order valence-corrected chi connectivity index (χ2v) is 7.48. The predicted octanol–water partition coefficient (Wildman–Crippen LogP) is 3.11. The SMILES string of the molecule is CN(C)CC1CCCN1c1ccccc1CNC(C)(C)C. The van der Waals surface area contributed by atoms with E-state index in [0.29, 0.717) is 6.04 Å². The molecular weight excluding hydrogens is 258 g/mol. The molecule has 0 amide bonds. The van der Waals surface area contributed by atoms with E-state index in [2.05, 4.69) is 74.2 Å².